The third-order valence-electron chi connectivity index (χ3n) is 2.99. The zero-order valence-electron chi connectivity index (χ0n) is 22.4. The molecular weight excluding hydrogens is 1080 g/mol. The van der Waals surface area contributed by atoms with Crippen molar-refractivity contribution < 1.29 is 223 Å². The molecule has 267 valence electrons. The number of aryl methyl sites for hydroxylation is 3. The quantitative estimate of drug-likeness (QED) is 0.175. The minimum absolute atomic E-state index is 0. The van der Waals surface area contributed by atoms with Gasteiger partial charge in [-0.05, 0) is 0 Å². The van der Waals surface area contributed by atoms with Crippen LogP contribution in [0, 0.1) is 32.6 Å². The summed E-state index contributed by atoms with van der Waals surface area (Å²) >= 11 is 1.76. The van der Waals surface area contributed by atoms with Crippen LogP contribution in [0.25, 0.3) is 3.31 Å². The Balaban J connectivity index is -0.00000000870. The molecule has 0 aliphatic rings. The van der Waals surface area contributed by atoms with Gasteiger partial charge in [0.1, 0.15) is 0 Å². The minimum atomic E-state index is 0. The van der Waals surface area contributed by atoms with E-state index in [1.165, 1.54) is 16.7 Å². The average molecular weight is 1130 g/mol. The summed E-state index contributed by atoms with van der Waals surface area (Å²) in [7, 11) is 0. The van der Waals surface area contributed by atoms with Gasteiger partial charge in [-0.15, -0.1) is 0 Å². The van der Waals surface area contributed by atoms with Crippen molar-refractivity contribution in [3.8, 4) is 11.8 Å². The molecule has 36 N–H and O–H groups in total. The first-order chi connectivity index (χ1) is 9.10. The van der Waals surface area contributed by atoms with Gasteiger partial charge in [0.25, 0.3) is 0 Å². The molecule has 0 aliphatic carbocycles. The topological polar surface area (TPSA) is 571 Å². The molecule has 0 amide bonds. The monoisotopic (exact) mass is 1140 g/mol. The maximum absolute atomic E-state index is 4.30. The van der Waals surface area contributed by atoms with Crippen LogP contribution < -0.4 is 0 Å². The van der Waals surface area contributed by atoms with Crippen LogP contribution in [0.5, 0.6) is 0 Å². The maximum atomic E-state index is 4.30. The Hall–Kier alpha value is 1.12. The van der Waals surface area contributed by atoms with E-state index in [4.69, 9.17) is 0 Å². The second-order valence-electron chi connectivity index (χ2n) is 4.67. The van der Waals surface area contributed by atoms with Crippen molar-refractivity contribution in [1.82, 2.24) is 0 Å². The molecule has 0 saturated carbocycles. The number of hydrogen-bond acceptors (Lipinski definition) is 0. The largest absolute Gasteiger partial charge is 0.412 e. The third kappa shape index (κ3) is 56.9. The summed E-state index contributed by atoms with van der Waals surface area (Å²) < 4.78 is 4.30. The van der Waals surface area contributed by atoms with Crippen molar-refractivity contribution in [2.45, 2.75) is 20.8 Å². The van der Waals surface area contributed by atoms with E-state index in [1.807, 2.05) is 0 Å². The van der Waals surface area contributed by atoms with E-state index in [2.05, 4.69) is 72.3 Å². The predicted molar refractivity (Wildman–Crippen MR) is 141 cm³/mol. The van der Waals surface area contributed by atoms with Gasteiger partial charge < -0.3 is 98.6 Å². The van der Waals surface area contributed by atoms with Gasteiger partial charge in [-0.3, -0.25) is 0 Å². The van der Waals surface area contributed by atoms with Crippen LogP contribution >= 0.6 is 0 Å². The second-order valence-corrected chi connectivity index (χ2v) is 5.11. The molecule has 0 heterocycles. The molecule has 2 aromatic rings. The summed E-state index contributed by atoms with van der Waals surface area (Å²) in [4.78, 5) is 0. The molecular formula is C17H51Mo6NO18+. The van der Waals surface area contributed by atoms with Gasteiger partial charge in [-0.25, -0.2) is 0 Å². The van der Waals surface area contributed by atoms with Gasteiger partial charge in [-0.2, -0.15) is 0 Å². The Morgan fingerprint density at radius 3 is 0.905 bits per heavy atom. The molecule has 2 aromatic carbocycles. The Bertz CT molecular complexity index is 742. The van der Waals surface area contributed by atoms with Crippen LogP contribution in [0.2, 0.25) is 0 Å². The normalized spacial score (nSPS) is 4.24. The van der Waals surface area contributed by atoms with Gasteiger partial charge in [0, 0.05) is 105 Å². The van der Waals surface area contributed by atoms with Crippen molar-refractivity contribution in [2.75, 3.05) is 0 Å². The van der Waals surface area contributed by atoms with E-state index in [0.717, 1.165) is 16.8 Å². The fraction of sp³-hybridized carbons (Fsp3) is 0.176. The van der Waals surface area contributed by atoms with E-state index >= 15 is 0 Å². The van der Waals surface area contributed by atoms with Crippen molar-refractivity contribution in [2.24, 2.45) is 0 Å². The van der Waals surface area contributed by atoms with Gasteiger partial charge in [0.05, 0.1) is 0 Å². The van der Waals surface area contributed by atoms with E-state index in [9.17, 15) is 0 Å². The zero-order valence-corrected chi connectivity index (χ0v) is 34.4. The van der Waals surface area contributed by atoms with Crippen LogP contribution in [0.3, 0.4) is 0 Å². The van der Waals surface area contributed by atoms with Gasteiger partial charge in [0.15, 0.2) is 0 Å². The summed E-state index contributed by atoms with van der Waals surface area (Å²) in [5, 5.41) is 0. The zero-order chi connectivity index (χ0) is 13.8. The van der Waals surface area contributed by atoms with E-state index in [0.29, 0.717) is 0 Å². The second kappa shape index (κ2) is 90.1. The first-order valence-corrected chi connectivity index (χ1v) is 7.03. The fourth-order valence-corrected chi connectivity index (χ4v) is 2.66. The number of hydrogen-bond donors (Lipinski definition) is 0. The Morgan fingerprint density at radius 2 is 0.667 bits per heavy atom. The standard InChI is InChI=1S/C17H15N.6Mo.18H2O/c1-12-4-6-15(7-5-12)8-9-16-10-13(2)17(18)14(3)11-16;;;;;;;;;;;;;;;;;;;;;;;;/h4-7,10-11H,1-3H3;;;;;;;18*1H2/q+1;;;;;;;;;;;;;;;;;;;;;;;;. The molecule has 0 unspecified atom stereocenters. The first-order valence-electron chi connectivity index (χ1n) is 6.13. The van der Waals surface area contributed by atoms with Gasteiger partial charge in [0.2, 0.25) is 0 Å². The minimum Gasteiger partial charge on any atom is -0.412 e. The molecule has 2 rings (SSSR count). The van der Waals surface area contributed by atoms with E-state index < -0.39 is 0 Å². The molecule has 0 aliphatic heterocycles. The molecule has 0 spiro atoms. The smallest absolute Gasteiger partial charge is 0 e. The summed E-state index contributed by atoms with van der Waals surface area (Å²) in [6.07, 6.45) is 0. The van der Waals surface area contributed by atoms with E-state index in [1.54, 1.807) is 19.4 Å². The predicted octanol–water partition coefficient (Wildman–Crippen LogP) is -10.4. The molecule has 0 saturated heterocycles. The molecule has 0 aromatic heterocycles. The number of rotatable bonds is 0. The molecule has 0 fully saturated rings. The Kier molecular flexibility index (Phi) is 368. The molecule has 42 heavy (non-hydrogen) atoms. The van der Waals surface area contributed by atoms with Crippen LogP contribution in [-0.4, -0.2) is 98.6 Å². The SMILES string of the molecule is Cc1ccc(C#Cc2cc(C)c([N+]#[Mo])c(C)c2)cc1.O.O.O.O.O.O.O.O.O.O.O.O.O.O.O.O.O.O.[Mo].[Mo].[Mo].[Mo].[Mo]. The Morgan fingerprint density at radius 1 is 0.429 bits per heavy atom. The maximum Gasteiger partial charge on any atom is 0 e. The first kappa shape index (κ1) is 172. The van der Waals surface area contributed by atoms with Gasteiger partial charge >= 0.3 is 125 Å². The van der Waals surface area contributed by atoms with Crippen LogP contribution in [0.15, 0.2) is 36.4 Å². The van der Waals surface area contributed by atoms with Crippen LogP contribution in [-0.2, 0) is 125 Å². The van der Waals surface area contributed by atoms with Gasteiger partial charge in [-0.1, -0.05) is 0 Å². The Labute approximate surface area is 326 Å². The fourth-order valence-electron chi connectivity index (χ4n) is 1.95. The van der Waals surface area contributed by atoms with Crippen molar-refractivity contribution in [1.29, 1.82) is 0 Å². The number of nitrogens with zero attached hydrogens (tertiary/aromatic N) is 1. The van der Waals surface area contributed by atoms with Crippen molar-refractivity contribution >= 4 is 5.69 Å². The summed E-state index contributed by atoms with van der Waals surface area (Å²) in [6, 6.07) is 12.5. The molecule has 0 bridgehead atoms. The molecule has 25 heteroatoms. The van der Waals surface area contributed by atoms with Crippen molar-refractivity contribution in [3.63, 3.8) is 0 Å². The van der Waals surface area contributed by atoms with Crippen LogP contribution in [0.4, 0.5) is 5.69 Å². The number of benzene rings is 2. The molecule has 19 nitrogen and oxygen atoms in total. The average Bonchev–Trinajstić information content (AvgIpc) is 2.38. The van der Waals surface area contributed by atoms with E-state index in [-0.39, 0.29) is 204 Å². The molecule has 0 atom stereocenters. The summed E-state index contributed by atoms with van der Waals surface area (Å²) in [5.41, 5.74) is 6.78. The molecule has 0 radical (unpaired) electrons. The summed E-state index contributed by atoms with van der Waals surface area (Å²) in [6.45, 7) is 6.24. The third-order valence-corrected chi connectivity index (χ3v) is 3.43. The van der Waals surface area contributed by atoms with Crippen molar-refractivity contribution in [3.05, 3.63) is 67.5 Å². The van der Waals surface area contributed by atoms with Crippen LogP contribution in [0.1, 0.15) is 27.8 Å². The summed E-state index contributed by atoms with van der Waals surface area (Å²) in [5.74, 6) is 6.42.